The number of rotatable bonds is 4. The minimum absolute atomic E-state index is 0.0706. The van der Waals surface area contributed by atoms with Crippen molar-refractivity contribution in [2.75, 3.05) is 6.54 Å². The van der Waals surface area contributed by atoms with Gasteiger partial charge >= 0.3 is 5.97 Å². The van der Waals surface area contributed by atoms with E-state index in [1.54, 1.807) is 19.1 Å². The van der Waals surface area contributed by atoms with Crippen molar-refractivity contribution in [3.8, 4) is 0 Å². The van der Waals surface area contributed by atoms with Crippen LogP contribution in [0.2, 0.25) is 0 Å². The summed E-state index contributed by atoms with van der Waals surface area (Å²) in [5.74, 6) is -0.160. The van der Waals surface area contributed by atoms with Gasteiger partial charge in [0.15, 0.2) is 0 Å². The summed E-state index contributed by atoms with van der Waals surface area (Å²) in [6, 6.07) is 3.44. The smallest absolute Gasteiger partial charge is 0.322 e. The molecule has 0 spiro atoms. The van der Waals surface area contributed by atoms with Crippen molar-refractivity contribution >= 4 is 11.9 Å². The van der Waals surface area contributed by atoms with Crippen molar-refractivity contribution in [1.29, 1.82) is 0 Å². The number of carbonyl (C=O) groups is 2. The van der Waals surface area contributed by atoms with Gasteiger partial charge in [0.2, 0.25) is 5.91 Å². The molecule has 1 aromatic heterocycles. The van der Waals surface area contributed by atoms with Crippen LogP contribution in [0.4, 0.5) is 0 Å². The van der Waals surface area contributed by atoms with Crippen LogP contribution in [0.25, 0.3) is 0 Å². The Labute approximate surface area is 80.7 Å². The second-order valence-corrected chi connectivity index (χ2v) is 2.86. The maximum atomic E-state index is 11.1. The first kappa shape index (κ1) is 10.3. The van der Waals surface area contributed by atoms with E-state index in [9.17, 15) is 9.59 Å². The average molecular weight is 197 g/mol. The van der Waals surface area contributed by atoms with Crippen molar-refractivity contribution in [2.45, 2.75) is 13.3 Å². The van der Waals surface area contributed by atoms with Crippen LogP contribution in [-0.2, 0) is 16.0 Å². The molecule has 2 N–H and O–H groups in total. The lowest BCUT2D eigenvalue weighted by Gasteiger charge is -1.99. The minimum atomic E-state index is -1.06. The van der Waals surface area contributed by atoms with E-state index in [1.807, 2.05) is 0 Å². The molecule has 5 nitrogen and oxygen atoms in total. The fourth-order valence-corrected chi connectivity index (χ4v) is 0.975. The first-order chi connectivity index (χ1) is 6.58. The molecule has 0 radical (unpaired) electrons. The van der Waals surface area contributed by atoms with Crippen LogP contribution in [0.15, 0.2) is 16.5 Å². The first-order valence-electron chi connectivity index (χ1n) is 4.12. The Hall–Kier alpha value is -1.78. The second-order valence-electron chi connectivity index (χ2n) is 2.86. The lowest BCUT2D eigenvalue weighted by atomic mass is 10.3. The van der Waals surface area contributed by atoms with Gasteiger partial charge in [0.25, 0.3) is 0 Å². The van der Waals surface area contributed by atoms with E-state index in [2.05, 4.69) is 5.32 Å². The largest absolute Gasteiger partial charge is 0.480 e. The van der Waals surface area contributed by atoms with Crippen LogP contribution in [-0.4, -0.2) is 23.5 Å². The maximum absolute atomic E-state index is 11.1. The molecule has 0 saturated heterocycles. The summed E-state index contributed by atoms with van der Waals surface area (Å²) in [5.41, 5.74) is 0. The third-order valence-corrected chi connectivity index (χ3v) is 1.57. The zero-order valence-electron chi connectivity index (χ0n) is 7.74. The number of furan rings is 1. The van der Waals surface area contributed by atoms with Crippen molar-refractivity contribution in [1.82, 2.24) is 5.32 Å². The van der Waals surface area contributed by atoms with Crippen molar-refractivity contribution < 1.29 is 19.1 Å². The third kappa shape index (κ3) is 3.30. The summed E-state index contributed by atoms with van der Waals surface area (Å²) in [4.78, 5) is 21.2. The van der Waals surface area contributed by atoms with Gasteiger partial charge in [0.1, 0.15) is 18.1 Å². The number of hydrogen-bond acceptors (Lipinski definition) is 3. The van der Waals surface area contributed by atoms with E-state index in [-0.39, 0.29) is 18.9 Å². The number of hydrogen-bond donors (Lipinski definition) is 2. The van der Waals surface area contributed by atoms with Crippen molar-refractivity contribution in [3.63, 3.8) is 0 Å². The van der Waals surface area contributed by atoms with Gasteiger partial charge in [-0.1, -0.05) is 0 Å². The monoisotopic (exact) mass is 197 g/mol. The van der Waals surface area contributed by atoms with E-state index >= 15 is 0 Å². The van der Waals surface area contributed by atoms with Gasteiger partial charge < -0.3 is 14.8 Å². The van der Waals surface area contributed by atoms with E-state index in [1.165, 1.54) is 0 Å². The average Bonchev–Trinajstić information content (AvgIpc) is 2.48. The van der Waals surface area contributed by atoms with Gasteiger partial charge in [0, 0.05) is 0 Å². The first-order valence-corrected chi connectivity index (χ1v) is 4.12. The quantitative estimate of drug-likeness (QED) is 0.729. The summed E-state index contributed by atoms with van der Waals surface area (Å²) < 4.78 is 5.15. The predicted octanol–water partition coefficient (Wildman–Crippen LogP) is 0.331. The molecule has 1 heterocycles. The Morgan fingerprint density at radius 1 is 1.50 bits per heavy atom. The SMILES string of the molecule is Cc1ccc(CC(=O)NCC(=O)O)o1. The molecular weight excluding hydrogens is 186 g/mol. The molecule has 76 valence electrons. The molecule has 0 atom stereocenters. The van der Waals surface area contributed by atoms with Crippen molar-refractivity contribution in [3.05, 3.63) is 23.7 Å². The fourth-order valence-electron chi connectivity index (χ4n) is 0.975. The molecule has 0 aromatic carbocycles. The number of carboxylic acids is 1. The number of aryl methyl sites for hydroxylation is 1. The van der Waals surface area contributed by atoms with Crippen molar-refractivity contribution in [2.24, 2.45) is 0 Å². The number of carboxylic acid groups (broad SMARTS) is 1. The maximum Gasteiger partial charge on any atom is 0.322 e. The molecule has 14 heavy (non-hydrogen) atoms. The molecule has 1 aromatic rings. The normalized spacial score (nSPS) is 9.79. The van der Waals surface area contributed by atoms with Crippen LogP contribution < -0.4 is 5.32 Å². The highest BCUT2D eigenvalue weighted by Crippen LogP contribution is 2.06. The van der Waals surface area contributed by atoms with Crippen LogP contribution in [0.3, 0.4) is 0 Å². The fraction of sp³-hybridized carbons (Fsp3) is 0.333. The highest BCUT2D eigenvalue weighted by Gasteiger charge is 2.07. The van der Waals surface area contributed by atoms with Crippen LogP contribution in [0.5, 0.6) is 0 Å². The molecule has 5 heteroatoms. The molecule has 0 aliphatic carbocycles. The summed E-state index contributed by atoms with van der Waals surface area (Å²) in [6.07, 6.45) is 0.0706. The number of amides is 1. The minimum Gasteiger partial charge on any atom is -0.480 e. The third-order valence-electron chi connectivity index (χ3n) is 1.57. The van der Waals surface area contributed by atoms with E-state index in [4.69, 9.17) is 9.52 Å². The molecular formula is C9H11NO4. The summed E-state index contributed by atoms with van der Waals surface area (Å²) >= 11 is 0. The van der Waals surface area contributed by atoms with Crippen LogP contribution in [0.1, 0.15) is 11.5 Å². The summed E-state index contributed by atoms with van der Waals surface area (Å²) in [6.45, 7) is 1.41. The molecule has 0 fully saturated rings. The second kappa shape index (κ2) is 4.45. The molecule has 0 aliphatic heterocycles. The summed E-state index contributed by atoms with van der Waals surface area (Å²) in [7, 11) is 0. The van der Waals surface area contributed by atoms with Crippen LogP contribution in [0, 0.1) is 6.92 Å². The highest BCUT2D eigenvalue weighted by atomic mass is 16.4. The Kier molecular flexibility index (Phi) is 3.28. The zero-order chi connectivity index (χ0) is 10.6. The number of carbonyl (C=O) groups excluding carboxylic acids is 1. The van der Waals surface area contributed by atoms with E-state index < -0.39 is 5.97 Å². The summed E-state index contributed by atoms with van der Waals surface area (Å²) in [5, 5.41) is 10.5. The molecule has 1 amide bonds. The van der Waals surface area contributed by atoms with Gasteiger partial charge in [-0.15, -0.1) is 0 Å². The molecule has 0 aliphatic rings. The van der Waals surface area contributed by atoms with Gasteiger partial charge in [-0.05, 0) is 19.1 Å². The number of nitrogens with one attached hydrogen (secondary N) is 1. The molecule has 1 rings (SSSR count). The topological polar surface area (TPSA) is 79.5 Å². The molecule has 0 bridgehead atoms. The lowest BCUT2D eigenvalue weighted by molar-refractivity contribution is -0.137. The zero-order valence-corrected chi connectivity index (χ0v) is 7.74. The van der Waals surface area contributed by atoms with Gasteiger partial charge in [-0.25, -0.2) is 0 Å². The molecule has 0 saturated carbocycles. The Morgan fingerprint density at radius 2 is 2.21 bits per heavy atom. The van der Waals surface area contributed by atoms with Gasteiger partial charge in [-0.2, -0.15) is 0 Å². The van der Waals surface area contributed by atoms with E-state index in [0.29, 0.717) is 5.76 Å². The van der Waals surface area contributed by atoms with Crippen LogP contribution >= 0.6 is 0 Å². The van der Waals surface area contributed by atoms with Gasteiger partial charge in [0.05, 0.1) is 6.42 Å². The standard InChI is InChI=1S/C9H11NO4/c1-6-2-3-7(14-6)4-8(11)10-5-9(12)13/h2-3H,4-5H2,1H3,(H,10,11)(H,12,13). The predicted molar refractivity (Wildman–Crippen MR) is 47.8 cm³/mol. The Balaban J connectivity index is 2.37. The van der Waals surface area contributed by atoms with E-state index in [0.717, 1.165) is 5.76 Å². The van der Waals surface area contributed by atoms with Gasteiger partial charge in [-0.3, -0.25) is 9.59 Å². The highest BCUT2D eigenvalue weighted by molar-refractivity contribution is 5.82. The lowest BCUT2D eigenvalue weighted by Crippen LogP contribution is -2.30. The number of aliphatic carboxylic acids is 1. The molecule has 0 unspecified atom stereocenters. The Morgan fingerprint density at radius 3 is 2.71 bits per heavy atom. The Bertz CT molecular complexity index is 342.